The van der Waals surface area contributed by atoms with Gasteiger partial charge in [0.05, 0.1) is 0 Å². The van der Waals surface area contributed by atoms with E-state index in [2.05, 4.69) is 36.7 Å². The molecule has 0 radical (unpaired) electrons. The number of hydrogen-bond acceptors (Lipinski definition) is 5. The number of carbonyl (C=O) groups excluding carboxylic acids is 1. The first kappa shape index (κ1) is 17.7. The molecule has 1 N–H and O–H groups in total. The van der Waals surface area contributed by atoms with E-state index in [9.17, 15) is 4.79 Å². The minimum atomic E-state index is -0.0239. The van der Waals surface area contributed by atoms with Gasteiger partial charge in [-0.2, -0.15) is 0 Å². The Balaban J connectivity index is 1.97. The minimum absolute atomic E-state index is 0.0239. The van der Waals surface area contributed by atoms with Gasteiger partial charge < -0.3 is 20.0 Å². The summed E-state index contributed by atoms with van der Waals surface area (Å²) in [6, 6.07) is 1.81. The molecule has 130 valence electrons. The third-order valence-electron chi connectivity index (χ3n) is 3.68. The second-order valence-corrected chi connectivity index (χ2v) is 5.62. The summed E-state index contributed by atoms with van der Waals surface area (Å²) in [6.07, 6.45) is 5.28. The Labute approximate surface area is 142 Å². The summed E-state index contributed by atoms with van der Waals surface area (Å²) in [4.78, 5) is 30.6. The van der Waals surface area contributed by atoms with Gasteiger partial charge in [0.2, 0.25) is 11.9 Å². The monoisotopic (exact) mass is 331 g/mol. The van der Waals surface area contributed by atoms with Crippen molar-refractivity contribution in [3.63, 3.8) is 0 Å². The van der Waals surface area contributed by atoms with Gasteiger partial charge in [-0.1, -0.05) is 6.08 Å². The molecule has 2 rings (SSSR count). The number of aliphatic imine (C=N–C) groups is 1. The molecule has 0 saturated carbocycles. The fourth-order valence-corrected chi connectivity index (χ4v) is 2.29. The summed E-state index contributed by atoms with van der Waals surface area (Å²) in [5, 5.41) is 3.23. The maximum Gasteiger partial charge on any atom is 0.243 e. The SMILES string of the molecule is C=CCNC(=NCC(=O)N(C)C)N1CCN(c2ncccn2)CC1. The molecule has 1 aromatic heterocycles. The Morgan fingerprint density at radius 1 is 1.33 bits per heavy atom. The minimum Gasteiger partial charge on any atom is -0.353 e. The number of anilines is 1. The molecule has 1 amide bonds. The van der Waals surface area contributed by atoms with Gasteiger partial charge in [0.15, 0.2) is 5.96 Å². The number of guanidine groups is 1. The van der Waals surface area contributed by atoms with Crippen LogP contribution in [0.4, 0.5) is 5.95 Å². The van der Waals surface area contributed by atoms with Gasteiger partial charge in [-0.15, -0.1) is 6.58 Å². The lowest BCUT2D eigenvalue weighted by molar-refractivity contribution is -0.127. The van der Waals surface area contributed by atoms with E-state index in [1.807, 2.05) is 6.07 Å². The average molecular weight is 331 g/mol. The topological polar surface area (TPSA) is 77.0 Å². The molecule has 1 aliphatic heterocycles. The van der Waals surface area contributed by atoms with Crippen LogP contribution in [-0.2, 0) is 4.79 Å². The Kier molecular flexibility index (Phi) is 6.53. The fraction of sp³-hybridized carbons (Fsp3) is 0.500. The molecule has 1 aromatic rings. The molecule has 0 spiro atoms. The molecule has 8 heteroatoms. The van der Waals surface area contributed by atoms with Gasteiger partial charge in [-0.25, -0.2) is 15.0 Å². The highest BCUT2D eigenvalue weighted by molar-refractivity contribution is 5.85. The lowest BCUT2D eigenvalue weighted by Crippen LogP contribution is -2.53. The number of nitrogens with one attached hydrogen (secondary N) is 1. The largest absolute Gasteiger partial charge is 0.353 e. The van der Waals surface area contributed by atoms with Crippen molar-refractivity contribution < 1.29 is 4.79 Å². The maximum atomic E-state index is 11.8. The third-order valence-corrected chi connectivity index (χ3v) is 3.68. The van der Waals surface area contributed by atoms with Crippen LogP contribution in [0.25, 0.3) is 0 Å². The Morgan fingerprint density at radius 2 is 2.00 bits per heavy atom. The number of piperazine rings is 1. The second-order valence-electron chi connectivity index (χ2n) is 5.62. The van der Waals surface area contributed by atoms with Gasteiger partial charge in [0, 0.05) is 59.2 Å². The van der Waals surface area contributed by atoms with Gasteiger partial charge in [0.1, 0.15) is 6.54 Å². The Bertz CT molecular complexity index is 565. The standard InChI is InChI=1S/C16H25N7O/c1-4-6-17-16(20-13-14(24)21(2)3)23-11-9-22(10-12-23)15-18-7-5-8-19-15/h4-5,7-8H,1,6,9-13H2,2-3H3,(H,17,20). The van der Waals surface area contributed by atoms with Crippen LogP contribution in [0.2, 0.25) is 0 Å². The molecule has 0 bridgehead atoms. The van der Waals surface area contributed by atoms with Crippen molar-refractivity contribution in [1.82, 2.24) is 25.1 Å². The van der Waals surface area contributed by atoms with E-state index < -0.39 is 0 Å². The Hall–Kier alpha value is -2.64. The average Bonchev–Trinajstić information content (AvgIpc) is 2.62. The highest BCUT2D eigenvalue weighted by Gasteiger charge is 2.21. The number of nitrogens with zero attached hydrogens (tertiary/aromatic N) is 6. The molecule has 8 nitrogen and oxygen atoms in total. The summed E-state index contributed by atoms with van der Waals surface area (Å²) in [7, 11) is 3.46. The van der Waals surface area contributed by atoms with Crippen LogP contribution >= 0.6 is 0 Å². The van der Waals surface area contributed by atoms with Gasteiger partial charge >= 0.3 is 0 Å². The first-order valence-corrected chi connectivity index (χ1v) is 7.98. The number of rotatable bonds is 5. The molecular formula is C16H25N7O. The van der Waals surface area contributed by atoms with Crippen LogP contribution in [-0.4, -0.2) is 85.0 Å². The first-order chi connectivity index (χ1) is 11.6. The zero-order chi connectivity index (χ0) is 17.4. The fourth-order valence-electron chi connectivity index (χ4n) is 2.29. The van der Waals surface area contributed by atoms with Gasteiger partial charge in [0.25, 0.3) is 0 Å². The van der Waals surface area contributed by atoms with E-state index in [4.69, 9.17) is 0 Å². The lowest BCUT2D eigenvalue weighted by Gasteiger charge is -2.36. The van der Waals surface area contributed by atoms with Gasteiger partial charge in [-0.3, -0.25) is 4.79 Å². The van der Waals surface area contributed by atoms with E-state index in [1.54, 1.807) is 37.5 Å². The molecule has 0 aliphatic carbocycles. The molecule has 1 aliphatic rings. The molecule has 0 aromatic carbocycles. The van der Waals surface area contributed by atoms with Crippen LogP contribution in [0, 0.1) is 0 Å². The van der Waals surface area contributed by atoms with E-state index in [-0.39, 0.29) is 12.5 Å². The van der Waals surface area contributed by atoms with Crippen LogP contribution < -0.4 is 10.2 Å². The van der Waals surface area contributed by atoms with Crippen LogP contribution in [0.1, 0.15) is 0 Å². The van der Waals surface area contributed by atoms with Crippen LogP contribution in [0.3, 0.4) is 0 Å². The van der Waals surface area contributed by atoms with Crippen molar-refractivity contribution in [3.05, 3.63) is 31.1 Å². The Morgan fingerprint density at radius 3 is 2.58 bits per heavy atom. The molecule has 1 saturated heterocycles. The van der Waals surface area contributed by atoms with Crippen molar-refractivity contribution >= 4 is 17.8 Å². The van der Waals surface area contributed by atoms with Crippen molar-refractivity contribution in [1.29, 1.82) is 0 Å². The summed E-state index contributed by atoms with van der Waals surface area (Å²) in [5.74, 6) is 1.46. The predicted octanol–water partition coefficient (Wildman–Crippen LogP) is -0.182. The number of amides is 1. The quantitative estimate of drug-likeness (QED) is 0.458. The summed E-state index contributed by atoms with van der Waals surface area (Å²) in [5.41, 5.74) is 0. The summed E-state index contributed by atoms with van der Waals surface area (Å²) < 4.78 is 0. The zero-order valence-corrected chi connectivity index (χ0v) is 14.4. The molecule has 0 atom stereocenters. The van der Waals surface area contributed by atoms with Crippen molar-refractivity contribution in [2.45, 2.75) is 0 Å². The number of hydrogen-bond donors (Lipinski definition) is 1. The van der Waals surface area contributed by atoms with Crippen molar-refractivity contribution in [3.8, 4) is 0 Å². The van der Waals surface area contributed by atoms with Crippen LogP contribution in [0.15, 0.2) is 36.1 Å². The van der Waals surface area contributed by atoms with Crippen molar-refractivity contribution in [2.75, 3.05) is 58.3 Å². The van der Waals surface area contributed by atoms with E-state index in [0.29, 0.717) is 6.54 Å². The van der Waals surface area contributed by atoms with Crippen molar-refractivity contribution in [2.24, 2.45) is 4.99 Å². The molecule has 1 fully saturated rings. The third kappa shape index (κ3) is 4.94. The normalized spacial score (nSPS) is 15.2. The number of carbonyl (C=O) groups is 1. The van der Waals surface area contributed by atoms with E-state index in [0.717, 1.165) is 38.1 Å². The predicted molar refractivity (Wildman–Crippen MR) is 95.0 cm³/mol. The smallest absolute Gasteiger partial charge is 0.243 e. The second kappa shape index (κ2) is 8.85. The highest BCUT2D eigenvalue weighted by Crippen LogP contribution is 2.09. The summed E-state index contributed by atoms with van der Waals surface area (Å²) in [6.45, 7) is 7.65. The van der Waals surface area contributed by atoms with Crippen LogP contribution in [0.5, 0.6) is 0 Å². The highest BCUT2D eigenvalue weighted by atomic mass is 16.2. The van der Waals surface area contributed by atoms with E-state index >= 15 is 0 Å². The van der Waals surface area contributed by atoms with E-state index in [1.165, 1.54) is 0 Å². The first-order valence-electron chi connectivity index (χ1n) is 7.98. The molecule has 24 heavy (non-hydrogen) atoms. The zero-order valence-electron chi connectivity index (χ0n) is 14.4. The maximum absolute atomic E-state index is 11.8. The summed E-state index contributed by atoms with van der Waals surface area (Å²) >= 11 is 0. The number of likely N-dealkylation sites (N-methyl/N-ethyl adjacent to an activating group) is 1. The van der Waals surface area contributed by atoms with Gasteiger partial charge in [-0.05, 0) is 6.07 Å². The molecular weight excluding hydrogens is 306 g/mol. The lowest BCUT2D eigenvalue weighted by atomic mass is 10.3. The molecule has 0 unspecified atom stereocenters. The molecule has 2 heterocycles. The number of aromatic nitrogens is 2.